The molecule has 0 bridgehead atoms. The highest BCUT2D eigenvalue weighted by molar-refractivity contribution is 6.06. The van der Waals surface area contributed by atoms with Gasteiger partial charge in [0.1, 0.15) is 6.54 Å². The monoisotopic (exact) mass is 370 g/mol. The Morgan fingerprint density at radius 1 is 0.857 bits per heavy atom. The van der Waals surface area contributed by atoms with Crippen LogP contribution in [0.3, 0.4) is 0 Å². The van der Waals surface area contributed by atoms with Gasteiger partial charge in [-0.2, -0.15) is 0 Å². The number of nitrogens with zero attached hydrogens (tertiary/aromatic N) is 1. The molecule has 0 aliphatic carbocycles. The molecule has 0 atom stereocenters. The number of carbonyl (C=O) groups is 1. The van der Waals surface area contributed by atoms with Gasteiger partial charge >= 0.3 is 0 Å². The van der Waals surface area contributed by atoms with Gasteiger partial charge in [0.25, 0.3) is 5.56 Å². The van der Waals surface area contributed by atoms with Crippen LogP contribution in [0.25, 0.3) is 21.7 Å². The topological polar surface area (TPSA) is 51.1 Å². The molecular weight excluding hydrogens is 348 g/mol. The minimum atomic E-state index is -0.211. The molecule has 0 spiro atoms. The standard InChI is InChI=1S/C24H22N2O2/c1-15-12-16(2)23(17(3)13-15)25-22(27)14-26-21-11-7-6-9-19(21)18-8-4-5-10-20(18)24(26)28/h4-13H,14H2,1-3H3,(H,25,27). The Kier molecular flexibility index (Phi) is 4.47. The van der Waals surface area contributed by atoms with Crippen LogP contribution < -0.4 is 10.9 Å². The molecule has 1 heterocycles. The van der Waals surface area contributed by atoms with E-state index in [1.54, 1.807) is 4.57 Å². The average molecular weight is 370 g/mol. The van der Waals surface area contributed by atoms with Crippen molar-refractivity contribution in [1.29, 1.82) is 0 Å². The fourth-order valence-corrected chi connectivity index (χ4v) is 3.95. The maximum atomic E-state index is 13.1. The Labute approximate surface area is 163 Å². The maximum absolute atomic E-state index is 13.1. The van der Waals surface area contributed by atoms with E-state index in [1.807, 2.05) is 81.4 Å². The van der Waals surface area contributed by atoms with Crippen molar-refractivity contribution in [3.05, 3.63) is 87.7 Å². The van der Waals surface area contributed by atoms with Crippen LogP contribution in [0.5, 0.6) is 0 Å². The lowest BCUT2D eigenvalue weighted by Gasteiger charge is -2.15. The first kappa shape index (κ1) is 18.0. The summed E-state index contributed by atoms with van der Waals surface area (Å²) >= 11 is 0. The zero-order valence-corrected chi connectivity index (χ0v) is 16.2. The number of fused-ring (bicyclic) bond motifs is 3. The number of benzene rings is 3. The molecule has 0 saturated heterocycles. The first-order valence-electron chi connectivity index (χ1n) is 9.33. The highest BCUT2D eigenvalue weighted by atomic mass is 16.2. The van der Waals surface area contributed by atoms with E-state index in [2.05, 4.69) is 5.32 Å². The minimum Gasteiger partial charge on any atom is -0.324 e. The molecule has 1 aromatic heterocycles. The third-order valence-corrected chi connectivity index (χ3v) is 5.13. The first-order valence-corrected chi connectivity index (χ1v) is 9.33. The molecule has 4 nitrogen and oxygen atoms in total. The number of amides is 1. The Hall–Kier alpha value is -3.40. The predicted octanol–water partition coefficient (Wildman–Crippen LogP) is 4.72. The molecule has 1 amide bonds. The summed E-state index contributed by atoms with van der Waals surface area (Å²) in [5, 5.41) is 5.49. The van der Waals surface area contributed by atoms with Gasteiger partial charge in [0, 0.05) is 16.5 Å². The van der Waals surface area contributed by atoms with Gasteiger partial charge in [-0.15, -0.1) is 0 Å². The number of aryl methyl sites for hydroxylation is 3. The van der Waals surface area contributed by atoms with Crippen molar-refractivity contribution < 1.29 is 4.79 Å². The summed E-state index contributed by atoms with van der Waals surface area (Å²) < 4.78 is 1.56. The number of hydrogen-bond donors (Lipinski definition) is 1. The van der Waals surface area contributed by atoms with E-state index in [0.29, 0.717) is 5.39 Å². The van der Waals surface area contributed by atoms with Crippen LogP contribution in [0.4, 0.5) is 5.69 Å². The second-order valence-corrected chi connectivity index (χ2v) is 7.28. The van der Waals surface area contributed by atoms with Gasteiger partial charge in [0.05, 0.1) is 5.52 Å². The predicted molar refractivity (Wildman–Crippen MR) is 115 cm³/mol. The van der Waals surface area contributed by atoms with E-state index >= 15 is 0 Å². The molecule has 4 rings (SSSR count). The number of aromatic nitrogens is 1. The molecule has 4 aromatic rings. The van der Waals surface area contributed by atoms with Crippen LogP contribution in [0.15, 0.2) is 65.5 Å². The second-order valence-electron chi connectivity index (χ2n) is 7.28. The lowest BCUT2D eigenvalue weighted by atomic mass is 10.0. The third-order valence-electron chi connectivity index (χ3n) is 5.13. The van der Waals surface area contributed by atoms with Gasteiger partial charge in [-0.3, -0.25) is 14.2 Å². The van der Waals surface area contributed by atoms with Crippen molar-refractivity contribution in [3.8, 4) is 0 Å². The van der Waals surface area contributed by atoms with Crippen molar-refractivity contribution >= 4 is 33.3 Å². The van der Waals surface area contributed by atoms with Crippen LogP contribution in [-0.2, 0) is 11.3 Å². The normalized spacial score (nSPS) is 11.1. The zero-order chi connectivity index (χ0) is 19.8. The zero-order valence-electron chi connectivity index (χ0n) is 16.2. The molecule has 0 unspecified atom stereocenters. The Morgan fingerprint density at radius 2 is 1.43 bits per heavy atom. The van der Waals surface area contributed by atoms with Crippen molar-refractivity contribution in [1.82, 2.24) is 4.57 Å². The Balaban J connectivity index is 1.78. The Bertz CT molecular complexity index is 1260. The number of carbonyl (C=O) groups excluding carboxylic acids is 1. The smallest absolute Gasteiger partial charge is 0.259 e. The highest BCUT2D eigenvalue weighted by Gasteiger charge is 2.14. The first-order chi connectivity index (χ1) is 13.5. The molecule has 28 heavy (non-hydrogen) atoms. The number of nitrogens with one attached hydrogen (secondary N) is 1. The van der Waals surface area contributed by atoms with Gasteiger partial charge in [0.2, 0.25) is 5.91 Å². The Morgan fingerprint density at radius 3 is 2.11 bits per heavy atom. The molecular formula is C24H22N2O2. The van der Waals surface area contributed by atoms with Crippen molar-refractivity contribution in [3.63, 3.8) is 0 Å². The number of para-hydroxylation sites is 1. The quantitative estimate of drug-likeness (QED) is 0.531. The van der Waals surface area contributed by atoms with Crippen molar-refractivity contribution in [2.75, 3.05) is 5.32 Å². The summed E-state index contributed by atoms with van der Waals surface area (Å²) in [4.78, 5) is 25.9. The minimum absolute atomic E-state index is 0.0308. The number of hydrogen-bond acceptors (Lipinski definition) is 2. The summed E-state index contributed by atoms with van der Waals surface area (Å²) in [5.74, 6) is -0.211. The second kappa shape index (κ2) is 6.97. The van der Waals surface area contributed by atoms with E-state index in [0.717, 1.165) is 38.7 Å². The fraction of sp³-hybridized carbons (Fsp3) is 0.167. The van der Waals surface area contributed by atoms with Gasteiger partial charge in [0.15, 0.2) is 0 Å². The van der Waals surface area contributed by atoms with E-state index < -0.39 is 0 Å². The van der Waals surface area contributed by atoms with E-state index in [-0.39, 0.29) is 18.0 Å². The van der Waals surface area contributed by atoms with Crippen LogP contribution in [0.1, 0.15) is 16.7 Å². The molecule has 0 fully saturated rings. The van der Waals surface area contributed by atoms with Gasteiger partial charge in [-0.05, 0) is 49.4 Å². The number of rotatable bonds is 3. The number of anilines is 1. The third kappa shape index (κ3) is 3.07. The average Bonchev–Trinajstić information content (AvgIpc) is 2.68. The largest absolute Gasteiger partial charge is 0.324 e. The molecule has 0 aliphatic heterocycles. The van der Waals surface area contributed by atoms with Crippen LogP contribution in [0.2, 0.25) is 0 Å². The maximum Gasteiger partial charge on any atom is 0.259 e. The summed E-state index contributed by atoms with van der Waals surface area (Å²) in [6.45, 7) is 5.96. The SMILES string of the molecule is Cc1cc(C)c(NC(=O)Cn2c(=O)c3ccccc3c3ccccc32)c(C)c1. The van der Waals surface area contributed by atoms with Crippen molar-refractivity contribution in [2.45, 2.75) is 27.3 Å². The molecule has 0 radical (unpaired) electrons. The van der Waals surface area contributed by atoms with Gasteiger partial charge in [-0.1, -0.05) is 54.1 Å². The molecule has 1 N–H and O–H groups in total. The van der Waals surface area contributed by atoms with Crippen LogP contribution >= 0.6 is 0 Å². The summed E-state index contributed by atoms with van der Waals surface area (Å²) in [5.41, 5.74) is 4.61. The molecule has 0 saturated carbocycles. The number of pyridine rings is 1. The fourth-order valence-electron chi connectivity index (χ4n) is 3.95. The summed E-state index contributed by atoms with van der Waals surface area (Å²) in [6.07, 6.45) is 0. The summed E-state index contributed by atoms with van der Waals surface area (Å²) in [6, 6.07) is 19.3. The van der Waals surface area contributed by atoms with E-state index in [9.17, 15) is 9.59 Å². The van der Waals surface area contributed by atoms with E-state index in [1.165, 1.54) is 0 Å². The molecule has 0 aliphatic rings. The molecule has 140 valence electrons. The lowest BCUT2D eigenvalue weighted by Crippen LogP contribution is -2.28. The molecule has 3 aromatic carbocycles. The van der Waals surface area contributed by atoms with Crippen LogP contribution in [0, 0.1) is 20.8 Å². The summed E-state index contributed by atoms with van der Waals surface area (Å²) in [7, 11) is 0. The van der Waals surface area contributed by atoms with Crippen molar-refractivity contribution in [2.24, 2.45) is 0 Å². The van der Waals surface area contributed by atoms with Crippen LogP contribution in [-0.4, -0.2) is 10.5 Å². The van der Waals surface area contributed by atoms with Gasteiger partial charge < -0.3 is 5.32 Å². The highest BCUT2D eigenvalue weighted by Crippen LogP contribution is 2.24. The van der Waals surface area contributed by atoms with Gasteiger partial charge in [-0.25, -0.2) is 0 Å². The van der Waals surface area contributed by atoms with E-state index in [4.69, 9.17) is 0 Å². The lowest BCUT2D eigenvalue weighted by molar-refractivity contribution is -0.116. The molecule has 4 heteroatoms.